The molecule has 1 unspecified atom stereocenters. The molecule has 0 amide bonds. The Morgan fingerprint density at radius 3 is 2.47 bits per heavy atom. The fourth-order valence-electron chi connectivity index (χ4n) is 0.843. The van der Waals surface area contributed by atoms with Crippen molar-refractivity contribution >= 4 is 5.69 Å². The van der Waals surface area contributed by atoms with Crippen molar-refractivity contribution in [1.82, 2.24) is 0 Å². The molecule has 0 aromatic heterocycles. The molecule has 1 N–H and O–H groups in total. The van der Waals surface area contributed by atoms with Gasteiger partial charge in [0, 0.05) is 0 Å². The number of azo groups is 1. The second-order valence-electron chi connectivity index (χ2n) is 2.80. The SMILES string of the molecule is N#CCC(O)(C#N)N=Nc1ccccc1. The fourth-order valence-corrected chi connectivity index (χ4v) is 0.843. The van der Waals surface area contributed by atoms with Crippen LogP contribution >= 0.6 is 0 Å². The molecule has 0 saturated carbocycles. The summed E-state index contributed by atoms with van der Waals surface area (Å²) >= 11 is 0. The lowest BCUT2D eigenvalue weighted by Crippen LogP contribution is -2.21. The first-order valence-electron chi connectivity index (χ1n) is 4.19. The lowest BCUT2D eigenvalue weighted by Gasteiger charge is -2.07. The Hall–Kier alpha value is -2.24. The Bertz CT molecular complexity index is 429. The molecule has 0 heterocycles. The van der Waals surface area contributed by atoms with Crippen LogP contribution in [0.15, 0.2) is 40.6 Å². The average Bonchev–Trinajstić information content (AvgIpc) is 2.28. The van der Waals surface area contributed by atoms with Crippen molar-refractivity contribution in [3.63, 3.8) is 0 Å². The third kappa shape index (κ3) is 3.18. The maximum absolute atomic E-state index is 9.44. The summed E-state index contributed by atoms with van der Waals surface area (Å²) in [5.41, 5.74) is -1.53. The molecule has 0 saturated heterocycles. The molecule has 15 heavy (non-hydrogen) atoms. The van der Waals surface area contributed by atoms with Gasteiger partial charge in [-0.2, -0.15) is 15.6 Å². The van der Waals surface area contributed by atoms with Crippen molar-refractivity contribution in [2.75, 3.05) is 0 Å². The molecule has 0 spiro atoms. The van der Waals surface area contributed by atoms with Crippen molar-refractivity contribution < 1.29 is 5.11 Å². The number of benzene rings is 1. The highest BCUT2D eigenvalue weighted by Gasteiger charge is 2.25. The third-order valence-corrected chi connectivity index (χ3v) is 1.59. The number of nitrogens with zero attached hydrogens (tertiary/aromatic N) is 4. The summed E-state index contributed by atoms with van der Waals surface area (Å²) in [5, 5.41) is 33.5. The van der Waals surface area contributed by atoms with E-state index in [2.05, 4.69) is 10.2 Å². The van der Waals surface area contributed by atoms with E-state index in [0.717, 1.165) is 0 Å². The van der Waals surface area contributed by atoms with Gasteiger partial charge in [0.15, 0.2) is 0 Å². The van der Waals surface area contributed by atoms with Gasteiger partial charge in [0.1, 0.15) is 12.5 Å². The highest BCUT2D eigenvalue weighted by molar-refractivity contribution is 5.34. The highest BCUT2D eigenvalue weighted by atomic mass is 16.3. The summed E-state index contributed by atoms with van der Waals surface area (Å²) < 4.78 is 0. The van der Waals surface area contributed by atoms with Gasteiger partial charge in [-0.1, -0.05) is 18.2 Å². The summed E-state index contributed by atoms with van der Waals surface area (Å²) in [7, 11) is 0. The molecule has 1 aromatic carbocycles. The summed E-state index contributed by atoms with van der Waals surface area (Å²) in [6.45, 7) is 0. The highest BCUT2D eigenvalue weighted by Crippen LogP contribution is 2.16. The van der Waals surface area contributed by atoms with E-state index in [1.165, 1.54) is 6.07 Å². The smallest absolute Gasteiger partial charge is 0.277 e. The number of aliphatic hydroxyl groups is 1. The van der Waals surface area contributed by atoms with Crippen LogP contribution in [-0.4, -0.2) is 10.8 Å². The molecule has 5 heteroatoms. The van der Waals surface area contributed by atoms with Gasteiger partial charge in [-0.05, 0) is 12.1 Å². The Morgan fingerprint density at radius 2 is 1.93 bits per heavy atom. The van der Waals surface area contributed by atoms with Gasteiger partial charge in [-0.3, -0.25) is 0 Å². The summed E-state index contributed by atoms with van der Waals surface area (Å²) in [6.07, 6.45) is -0.403. The zero-order chi connectivity index (χ0) is 11.1. The fraction of sp³-hybridized carbons (Fsp3) is 0.200. The minimum Gasteiger partial charge on any atom is -0.356 e. The number of rotatable bonds is 3. The molecule has 0 aliphatic rings. The molecular formula is C10H8N4O. The van der Waals surface area contributed by atoms with Crippen LogP contribution in [0.3, 0.4) is 0 Å². The first kappa shape index (κ1) is 10.8. The van der Waals surface area contributed by atoms with E-state index in [0.29, 0.717) is 5.69 Å². The largest absolute Gasteiger partial charge is 0.356 e. The van der Waals surface area contributed by atoms with Crippen LogP contribution in [0, 0.1) is 22.7 Å². The van der Waals surface area contributed by atoms with Crippen molar-refractivity contribution in [2.45, 2.75) is 12.1 Å². The van der Waals surface area contributed by atoms with Crippen molar-refractivity contribution in [3.05, 3.63) is 30.3 Å². The minimum atomic E-state index is -2.05. The van der Waals surface area contributed by atoms with Crippen LogP contribution in [0.2, 0.25) is 0 Å². The second kappa shape index (κ2) is 4.85. The zero-order valence-electron chi connectivity index (χ0n) is 7.83. The normalized spacial score (nSPS) is 14.1. The molecule has 1 aromatic rings. The van der Waals surface area contributed by atoms with Crippen LogP contribution < -0.4 is 0 Å². The Balaban J connectivity index is 2.82. The molecule has 5 nitrogen and oxygen atoms in total. The van der Waals surface area contributed by atoms with E-state index in [9.17, 15) is 5.11 Å². The van der Waals surface area contributed by atoms with Crippen LogP contribution in [0.5, 0.6) is 0 Å². The van der Waals surface area contributed by atoms with Crippen LogP contribution in [0.25, 0.3) is 0 Å². The molecule has 0 aliphatic carbocycles. The maximum atomic E-state index is 9.44. The van der Waals surface area contributed by atoms with Crippen molar-refractivity contribution in [3.8, 4) is 12.1 Å². The van der Waals surface area contributed by atoms with Gasteiger partial charge in [0.25, 0.3) is 5.72 Å². The van der Waals surface area contributed by atoms with Crippen LogP contribution in [0.4, 0.5) is 5.69 Å². The maximum Gasteiger partial charge on any atom is 0.277 e. The monoisotopic (exact) mass is 200 g/mol. The van der Waals surface area contributed by atoms with Gasteiger partial charge in [0.05, 0.1) is 11.8 Å². The minimum absolute atomic E-state index is 0.403. The summed E-state index contributed by atoms with van der Waals surface area (Å²) in [6, 6.07) is 11.9. The number of nitriles is 2. The van der Waals surface area contributed by atoms with Crippen LogP contribution in [0.1, 0.15) is 6.42 Å². The Labute approximate surface area is 86.9 Å². The summed E-state index contributed by atoms with van der Waals surface area (Å²) in [4.78, 5) is 0. The van der Waals surface area contributed by atoms with Gasteiger partial charge < -0.3 is 5.11 Å². The Morgan fingerprint density at radius 1 is 1.27 bits per heavy atom. The molecule has 0 fully saturated rings. The molecule has 1 rings (SSSR count). The first-order chi connectivity index (χ1) is 7.20. The number of hydrogen-bond acceptors (Lipinski definition) is 5. The van der Waals surface area contributed by atoms with E-state index in [-0.39, 0.29) is 0 Å². The topological polar surface area (TPSA) is 92.5 Å². The predicted octanol–water partition coefficient (Wildman–Crippen LogP) is 1.90. The molecule has 1 atom stereocenters. The zero-order valence-corrected chi connectivity index (χ0v) is 7.83. The van der Waals surface area contributed by atoms with Gasteiger partial charge in [0.2, 0.25) is 0 Å². The van der Waals surface area contributed by atoms with E-state index in [1.807, 2.05) is 6.07 Å². The number of hydrogen-bond donors (Lipinski definition) is 1. The van der Waals surface area contributed by atoms with E-state index in [4.69, 9.17) is 10.5 Å². The quantitative estimate of drug-likeness (QED) is 0.596. The van der Waals surface area contributed by atoms with Crippen LogP contribution in [-0.2, 0) is 0 Å². The van der Waals surface area contributed by atoms with Gasteiger partial charge in [-0.25, -0.2) is 0 Å². The van der Waals surface area contributed by atoms with Gasteiger partial charge >= 0.3 is 0 Å². The molecule has 0 bridgehead atoms. The first-order valence-corrected chi connectivity index (χ1v) is 4.19. The van der Waals surface area contributed by atoms with Crippen molar-refractivity contribution in [2.24, 2.45) is 10.2 Å². The standard InChI is InChI=1S/C10H8N4O/c11-7-6-10(15,8-12)14-13-9-4-2-1-3-5-9/h1-5,15H,6H2. The van der Waals surface area contributed by atoms with Gasteiger partial charge in [-0.15, -0.1) is 5.11 Å². The molecular weight excluding hydrogens is 192 g/mol. The van der Waals surface area contributed by atoms with E-state index in [1.54, 1.807) is 30.3 Å². The molecule has 0 radical (unpaired) electrons. The predicted molar refractivity (Wildman–Crippen MR) is 51.8 cm³/mol. The second-order valence-corrected chi connectivity index (χ2v) is 2.80. The van der Waals surface area contributed by atoms with E-state index >= 15 is 0 Å². The Kier molecular flexibility index (Phi) is 3.50. The molecule has 74 valence electrons. The lowest BCUT2D eigenvalue weighted by atomic mass is 10.2. The molecule has 0 aliphatic heterocycles. The van der Waals surface area contributed by atoms with E-state index < -0.39 is 12.1 Å². The average molecular weight is 200 g/mol. The third-order valence-electron chi connectivity index (χ3n) is 1.59. The van der Waals surface area contributed by atoms with Crippen molar-refractivity contribution in [1.29, 1.82) is 10.5 Å². The summed E-state index contributed by atoms with van der Waals surface area (Å²) in [5.74, 6) is 0. The lowest BCUT2D eigenvalue weighted by molar-refractivity contribution is 0.107.